The number of amides is 1. The van der Waals surface area contributed by atoms with E-state index in [-0.39, 0.29) is 16.7 Å². The number of hydrogen-bond acceptors (Lipinski definition) is 3. The number of halogens is 1. The molecule has 0 radical (unpaired) electrons. The van der Waals surface area contributed by atoms with Crippen LogP contribution in [0.25, 0.3) is 0 Å². The molecule has 0 atom stereocenters. The molecule has 1 amide bonds. The van der Waals surface area contributed by atoms with Gasteiger partial charge in [-0.05, 0) is 43.5 Å². The molecule has 0 aliphatic carbocycles. The number of benzene rings is 1. The zero-order valence-electron chi connectivity index (χ0n) is 11.2. The number of nitrogens with two attached hydrogens (primary N) is 1. The Hall–Kier alpha value is -1.11. The Morgan fingerprint density at radius 1 is 1.35 bits per heavy atom. The summed E-state index contributed by atoms with van der Waals surface area (Å²) in [4.78, 5) is 11.3. The molecule has 20 heavy (non-hydrogen) atoms. The van der Waals surface area contributed by atoms with Crippen molar-refractivity contribution in [2.75, 3.05) is 13.1 Å². The second-order valence-corrected chi connectivity index (χ2v) is 7.34. The van der Waals surface area contributed by atoms with Crippen LogP contribution >= 0.6 is 11.6 Å². The van der Waals surface area contributed by atoms with Crippen LogP contribution < -0.4 is 5.73 Å². The van der Waals surface area contributed by atoms with E-state index in [0.717, 1.165) is 5.56 Å². The second kappa shape index (κ2) is 5.71. The zero-order chi connectivity index (χ0) is 14.9. The van der Waals surface area contributed by atoms with Gasteiger partial charge in [0.25, 0.3) is 0 Å². The lowest BCUT2D eigenvalue weighted by Gasteiger charge is -2.29. The first kappa shape index (κ1) is 15.3. The van der Waals surface area contributed by atoms with Crippen LogP contribution in [0.5, 0.6) is 0 Å². The van der Waals surface area contributed by atoms with E-state index in [4.69, 9.17) is 17.3 Å². The number of rotatable bonds is 3. The monoisotopic (exact) mass is 316 g/mol. The summed E-state index contributed by atoms with van der Waals surface area (Å²) in [5, 5.41) is 0.538. The van der Waals surface area contributed by atoms with Crippen LogP contribution in [0.15, 0.2) is 23.1 Å². The molecule has 1 aliphatic rings. The molecule has 5 nitrogen and oxygen atoms in total. The van der Waals surface area contributed by atoms with E-state index < -0.39 is 10.0 Å². The molecule has 1 aromatic rings. The Morgan fingerprint density at radius 3 is 2.45 bits per heavy atom. The maximum Gasteiger partial charge on any atom is 0.243 e. The number of nitrogens with zero attached hydrogens (tertiary/aromatic N) is 1. The highest BCUT2D eigenvalue weighted by molar-refractivity contribution is 7.89. The molecular weight excluding hydrogens is 300 g/mol. The lowest BCUT2D eigenvalue weighted by molar-refractivity contribution is -0.122. The smallest absolute Gasteiger partial charge is 0.243 e. The third kappa shape index (κ3) is 2.97. The third-order valence-corrected chi connectivity index (χ3v) is 5.94. The van der Waals surface area contributed by atoms with Gasteiger partial charge in [-0.15, -0.1) is 0 Å². The molecule has 7 heteroatoms. The highest BCUT2D eigenvalue weighted by Crippen LogP contribution is 2.26. The lowest BCUT2D eigenvalue weighted by Crippen LogP contribution is -2.41. The minimum atomic E-state index is -3.53. The van der Waals surface area contributed by atoms with E-state index in [1.807, 2.05) is 0 Å². The predicted molar refractivity (Wildman–Crippen MR) is 76.9 cm³/mol. The highest BCUT2D eigenvalue weighted by atomic mass is 35.5. The molecule has 0 unspecified atom stereocenters. The Kier molecular flexibility index (Phi) is 4.36. The Bertz CT molecular complexity index is 623. The number of piperidine rings is 1. The molecule has 2 rings (SSSR count). The van der Waals surface area contributed by atoms with Gasteiger partial charge in [0.2, 0.25) is 15.9 Å². The molecule has 2 N–H and O–H groups in total. The predicted octanol–water partition coefficient (Wildman–Crippen LogP) is 1.53. The summed E-state index contributed by atoms with van der Waals surface area (Å²) in [6.07, 6.45) is 0.947. The summed E-state index contributed by atoms with van der Waals surface area (Å²) in [7, 11) is -3.53. The van der Waals surface area contributed by atoms with Crippen LogP contribution in [0.4, 0.5) is 0 Å². The van der Waals surface area contributed by atoms with Crippen molar-refractivity contribution in [3.63, 3.8) is 0 Å². The van der Waals surface area contributed by atoms with E-state index in [9.17, 15) is 13.2 Å². The molecule has 0 bridgehead atoms. The molecular formula is C13H17ClN2O3S. The number of sulfonamides is 1. The first-order chi connectivity index (χ1) is 9.32. The summed E-state index contributed by atoms with van der Waals surface area (Å²) in [5.74, 6) is -0.585. The van der Waals surface area contributed by atoms with Gasteiger partial charge < -0.3 is 5.73 Å². The van der Waals surface area contributed by atoms with Crippen LogP contribution in [-0.2, 0) is 14.8 Å². The third-order valence-electron chi connectivity index (χ3n) is 3.62. The van der Waals surface area contributed by atoms with Crippen molar-refractivity contribution >= 4 is 27.5 Å². The number of aryl methyl sites for hydroxylation is 1. The highest BCUT2D eigenvalue weighted by Gasteiger charge is 2.31. The van der Waals surface area contributed by atoms with E-state index in [1.165, 1.54) is 10.4 Å². The molecule has 1 heterocycles. The van der Waals surface area contributed by atoms with Crippen molar-refractivity contribution in [2.24, 2.45) is 11.7 Å². The van der Waals surface area contributed by atoms with E-state index >= 15 is 0 Å². The average molecular weight is 317 g/mol. The summed E-state index contributed by atoms with van der Waals surface area (Å²) in [6.45, 7) is 2.40. The molecule has 1 saturated heterocycles. The van der Waals surface area contributed by atoms with E-state index in [2.05, 4.69) is 0 Å². The number of hydrogen-bond donors (Lipinski definition) is 1. The summed E-state index contributed by atoms with van der Waals surface area (Å²) >= 11 is 5.91. The largest absolute Gasteiger partial charge is 0.369 e. The van der Waals surface area contributed by atoms with Crippen molar-refractivity contribution in [1.29, 1.82) is 0 Å². The van der Waals surface area contributed by atoms with Crippen LogP contribution in [0, 0.1) is 12.8 Å². The molecule has 1 aliphatic heterocycles. The van der Waals surface area contributed by atoms with Gasteiger partial charge in [0, 0.05) is 24.0 Å². The van der Waals surface area contributed by atoms with Crippen molar-refractivity contribution in [1.82, 2.24) is 4.31 Å². The summed E-state index contributed by atoms with van der Waals surface area (Å²) in [5.41, 5.74) is 5.97. The minimum absolute atomic E-state index is 0.228. The van der Waals surface area contributed by atoms with Gasteiger partial charge in [0.05, 0.1) is 4.90 Å². The fraction of sp³-hybridized carbons (Fsp3) is 0.462. The van der Waals surface area contributed by atoms with Gasteiger partial charge in [-0.25, -0.2) is 8.42 Å². The van der Waals surface area contributed by atoms with E-state index in [0.29, 0.717) is 31.0 Å². The van der Waals surface area contributed by atoms with Crippen molar-refractivity contribution in [3.8, 4) is 0 Å². The van der Waals surface area contributed by atoms with Crippen molar-refractivity contribution in [2.45, 2.75) is 24.7 Å². The maximum absolute atomic E-state index is 12.5. The summed E-state index contributed by atoms with van der Waals surface area (Å²) in [6, 6.07) is 4.66. The Labute approximate surface area is 123 Å². The second-order valence-electron chi connectivity index (χ2n) is 4.99. The molecule has 0 saturated carbocycles. The number of primary amides is 1. The van der Waals surface area contributed by atoms with Crippen molar-refractivity contribution < 1.29 is 13.2 Å². The molecule has 1 fully saturated rings. The topological polar surface area (TPSA) is 80.5 Å². The number of carbonyl (C=O) groups is 1. The van der Waals surface area contributed by atoms with Crippen LogP contribution in [-0.4, -0.2) is 31.7 Å². The van der Waals surface area contributed by atoms with Gasteiger partial charge in [0.1, 0.15) is 0 Å². The van der Waals surface area contributed by atoms with Gasteiger partial charge in [-0.2, -0.15) is 4.31 Å². The normalized spacial score (nSPS) is 18.1. The van der Waals surface area contributed by atoms with Gasteiger partial charge >= 0.3 is 0 Å². The van der Waals surface area contributed by atoms with Crippen LogP contribution in [0.2, 0.25) is 5.02 Å². The molecule has 110 valence electrons. The molecule has 0 spiro atoms. The molecule has 1 aromatic carbocycles. The number of carbonyl (C=O) groups excluding carboxylic acids is 1. The summed E-state index contributed by atoms with van der Waals surface area (Å²) < 4.78 is 26.4. The first-order valence-electron chi connectivity index (χ1n) is 6.38. The molecule has 0 aromatic heterocycles. The fourth-order valence-electron chi connectivity index (χ4n) is 2.31. The van der Waals surface area contributed by atoms with E-state index in [1.54, 1.807) is 19.1 Å². The first-order valence-corrected chi connectivity index (χ1v) is 8.20. The maximum atomic E-state index is 12.5. The van der Waals surface area contributed by atoms with Crippen molar-refractivity contribution in [3.05, 3.63) is 28.8 Å². The lowest BCUT2D eigenvalue weighted by atomic mass is 9.98. The Balaban J connectivity index is 2.19. The van der Waals surface area contributed by atoms with Crippen LogP contribution in [0.1, 0.15) is 18.4 Å². The fourth-order valence-corrected chi connectivity index (χ4v) is 3.98. The minimum Gasteiger partial charge on any atom is -0.369 e. The standard InChI is InChI=1S/C13H17ClN2O3S/c1-9-8-11(2-3-12(9)14)20(18,19)16-6-4-10(5-7-16)13(15)17/h2-3,8,10H,4-7H2,1H3,(H2,15,17). The van der Waals surface area contributed by atoms with Crippen LogP contribution in [0.3, 0.4) is 0 Å². The Morgan fingerprint density at radius 2 is 1.95 bits per heavy atom. The van der Waals surface area contributed by atoms with Gasteiger partial charge in [-0.3, -0.25) is 4.79 Å². The zero-order valence-corrected chi connectivity index (χ0v) is 12.7. The van der Waals surface area contributed by atoms with Gasteiger partial charge in [0.15, 0.2) is 0 Å². The SMILES string of the molecule is Cc1cc(S(=O)(=O)N2CCC(C(N)=O)CC2)ccc1Cl. The quantitative estimate of drug-likeness (QED) is 0.918. The average Bonchev–Trinajstić information content (AvgIpc) is 2.41. The van der Waals surface area contributed by atoms with Gasteiger partial charge in [-0.1, -0.05) is 11.6 Å².